The molecular formula is C15H22BrNO3. The van der Waals surface area contributed by atoms with Gasteiger partial charge in [-0.25, -0.2) is 4.79 Å². The molecule has 0 saturated carbocycles. The van der Waals surface area contributed by atoms with Crippen LogP contribution < -0.4 is 4.74 Å². The van der Waals surface area contributed by atoms with Gasteiger partial charge in [-0.1, -0.05) is 6.07 Å². The zero-order valence-corrected chi connectivity index (χ0v) is 14.3. The second kappa shape index (κ2) is 6.97. The van der Waals surface area contributed by atoms with E-state index >= 15 is 0 Å². The van der Waals surface area contributed by atoms with Gasteiger partial charge in [-0.05, 0) is 60.8 Å². The molecule has 0 heterocycles. The van der Waals surface area contributed by atoms with Gasteiger partial charge < -0.3 is 14.4 Å². The van der Waals surface area contributed by atoms with E-state index in [9.17, 15) is 4.79 Å². The Kier molecular flexibility index (Phi) is 5.87. The number of halogens is 1. The maximum Gasteiger partial charge on any atom is 0.410 e. The number of carbonyl (C=O) groups excluding carboxylic acids is 1. The Morgan fingerprint density at radius 3 is 2.50 bits per heavy atom. The molecule has 0 aliphatic carbocycles. The van der Waals surface area contributed by atoms with Crippen molar-refractivity contribution in [2.45, 2.75) is 32.8 Å². The molecule has 20 heavy (non-hydrogen) atoms. The first-order valence-electron chi connectivity index (χ1n) is 6.49. The van der Waals surface area contributed by atoms with Gasteiger partial charge in [-0.15, -0.1) is 0 Å². The summed E-state index contributed by atoms with van der Waals surface area (Å²) in [7, 11) is 3.38. The van der Waals surface area contributed by atoms with Crippen LogP contribution in [0, 0.1) is 0 Å². The third kappa shape index (κ3) is 5.41. The fourth-order valence-corrected chi connectivity index (χ4v) is 2.18. The quantitative estimate of drug-likeness (QED) is 0.832. The molecule has 0 aliphatic heterocycles. The Morgan fingerprint density at radius 2 is 2.00 bits per heavy atom. The molecule has 0 atom stereocenters. The molecule has 0 aliphatic rings. The zero-order valence-electron chi connectivity index (χ0n) is 12.7. The summed E-state index contributed by atoms with van der Waals surface area (Å²) < 4.78 is 11.4. The van der Waals surface area contributed by atoms with Gasteiger partial charge in [0.25, 0.3) is 0 Å². The lowest BCUT2D eigenvalue weighted by molar-refractivity contribution is 0.0301. The number of amides is 1. The first kappa shape index (κ1) is 16.8. The average molecular weight is 344 g/mol. The lowest BCUT2D eigenvalue weighted by atomic mass is 10.1. The van der Waals surface area contributed by atoms with Crippen LogP contribution in [0.15, 0.2) is 22.7 Å². The van der Waals surface area contributed by atoms with Crippen LogP contribution in [0.1, 0.15) is 26.3 Å². The standard InChI is InChI=1S/C15H22BrNO3/c1-15(2,3)20-14(18)17(4)9-8-11-6-7-13(19-5)12(16)10-11/h6-7,10H,8-9H2,1-5H3. The van der Waals surface area contributed by atoms with Gasteiger partial charge in [0.15, 0.2) is 0 Å². The molecule has 4 nitrogen and oxygen atoms in total. The molecule has 0 unspecified atom stereocenters. The Morgan fingerprint density at radius 1 is 1.35 bits per heavy atom. The highest BCUT2D eigenvalue weighted by atomic mass is 79.9. The number of hydrogen-bond donors (Lipinski definition) is 0. The minimum atomic E-state index is -0.464. The predicted octanol–water partition coefficient (Wildman–Crippen LogP) is 3.87. The largest absolute Gasteiger partial charge is 0.496 e. The molecule has 1 aromatic carbocycles. The molecule has 0 fully saturated rings. The van der Waals surface area contributed by atoms with Crippen molar-refractivity contribution < 1.29 is 14.3 Å². The molecule has 0 aromatic heterocycles. The first-order chi connectivity index (χ1) is 9.23. The van der Waals surface area contributed by atoms with Crippen molar-refractivity contribution in [1.82, 2.24) is 4.90 Å². The highest BCUT2D eigenvalue weighted by Gasteiger charge is 2.19. The summed E-state index contributed by atoms with van der Waals surface area (Å²) in [5, 5.41) is 0. The van der Waals surface area contributed by atoms with Crippen LogP contribution in [0.5, 0.6) is 5.75 Å². The molecule has 1 amide bonds. The van der Waals surface area contributed by atoms with E-state index in [4.69, 9.17) is 9.47 Å². The molecular weight excluding hydrogens is 322 g/mol. The molecule has 0 N–H and O–H groups in total. The number of rotatable bonds is 4. The van der Waals surface area contributed by atoms with Crippen LogP contribution in [-0.4, -0.2) is 37.3 Å². The van der Waals surface area contributed by atoms with Crippen molar-refractivity contribution >= 4 is 22.0 Å². The van der Waals surface area contributed by atoms with Crippen molar-refractivity contribution in [3.8, 4) is 5.75 Å². The van der Waals surface area contributed by atoms with Gasteiger partial charge in [-0.2, -0.15) is 0 Å². The van der Waals surface area contributed by atoms with E-state index < -0.39 is 5.60 Å². The van der Waals surface area contributed by atoms with Crippen molar-refractivity contribution in [3.63, 3.8) is 0 Å². The van der Waals surface area contributed by atoms with Gasteiger partial charge in [-0.3, -0.25) is 0 Å². The molecule has 0 bridgehead atoms. The van der Waals surface area contributed by atoms with Crippen LogP contribution in [-0.2, 0) is 11.2 Å². The number of ether oxygens (including phenoxy) is 2. The third-order valence-corrected chi connectivity index (χ3v) is 3.28. The molecule has 0 spiro atoms. The number of methoxy groups -OCH3 is 1. The third-order valence-electron chi connectivity index (χ3n) is 2.66. The molecule has 0 saturated heterocycles. The van der Waals surface area contributed by atoms with E-state index in [1.807, 2.05) is 39.0 Å². The summed E-state index contributed by atoms with van der Waals surface area (Å²) in [6.45, 7) is 6.19. The van der Waals surface area contributed by atoms with E-state index in [0.29, 0.717) is 6.54 Å². The van der Waals surface area contributed by atoms with Gasteiger partial charge in [0.1, 0.15) is 11.4 Å². The number of nitrogens with zero attached hydrogens (tertiary/aromatic N) is 1. The minimum Gasteiger partial charge on any atom is -0.496 e. The number of hydrogen-bond acceptors (Lipinski definition) is 3. The van der Waals surface area contributed by atoms with Crippen LogP contribution in [0.3, 0.4) is 0 Å². The van der Waals surface area contributed by atoms with Crippen molar-refractivity contribution in [1.29, 1.82) is 0 Å². The lowest BCUT2D eigenvalue weighted by Gasteiger charge is -2.24. The fraction of sp³-hybridized carbons (Fsp3) is 0.533. The molecule has 0 radical (unpaired) electrons. The average Bonchev–Trinajstić information content (AvgIpc) is 2.34. The number of carbonyl (C=O) groups is 1. The molecule has 112 valence electrons. The summed E-state index contributed by atoms with van der Waals surface area (Å²) in [6, 6.07) is 5.90. The summed E-state index contributed by atoms with van der Waals surface area (Å²) in [4.78, 5) is 13.4. The predicted molar refractivity (Wildman–Crippen MR) is 83.3 cm³/mol. The van der Waals surface area contributed by atoms with E-state index in [1.54, 1.807) is 19.1 Å². The lowest BCUT2D eigenvalue weighted by Crippen LogP contribution is -2.35. The summed E-state index contributed by atoms with van der Waals surface area (Å²) in [6.07, 6.45) is 0.461. The normalized spacial score (nSPS) is 11.1. The maximum absolute atomic E-state index is 11.8. The highest BCUT2D eigenvalue weighted by Crippen LogP contribution is 2.25. The van der Waals surface area contributed by atoms with Gasteiger partial charge in [0.05, 0.1) is 11.6 Å². The highest BCUT2D eigenvalue weighted by molar-refractivity contribution is 9.10. The topological polar surface area (TPSA) is 38.8 Å². The van der Waals surface area contributed by atoms with Crippen LogP contribution >= 0.6 is 15.9 Å². The van der Waals surface area contributed by atoms with E-state index in [1.165, 1.54) is 0 Å². The smallest absolute Gasteiger partial charge is 0.410 e. The number of likely N-dealkylation sites (N-methyl/N-ethyl adjacent to an activating group) is 1. The van der Waals surface area contributed by atoms with Gasteiger partial charge in [0, 0.05) is 13.6 Å². The monoisotopic (exact) mass is 343 g/mol. The van der Waals surface area contributed by atoms with Crippen molar-refractivity contribution in [2.75, 3.05) is 20.7 Å². The SMILES string of the molecule is COc1ccc(CCN(C)C(=O)OC(C)(C)C)cc1Br. The molecule has 5 heteroatoms. The first-order valence-corrected chi connectivity index (χ1v) is 7.29. The summed E-state index contributed by atoms with van der Waals surface area (Å²) >= 11 is 3.45. The Bertz CT molecular complexity index is 469. The second-order valence-corrected chi connectivity index (χ2v) is 6.48. The summed E-state index contributed by atoms with van der Waals surface area (Å²) in [5.74, 6) is 0.800. The van der Waals surface area contributed by atoms with Crippen LogP contribution in [0.25, 0.3) is 0 Å². The van der Waals surface area contributed by atoms with Crippen molar-refractivity contribution in [2.24, 2.45) is 0 Å². The van der Waals surface area contributed by atoms with Crippen LogP contribution in [0.4, 0.5) is 4.79 Å². The minimum absolute atomic E-state index is 0.301. The Balaban J connectivity index is 2.54. The maximum atomic E-state index is 11.8. The molecule has 1 rings (SSSR count). The second-order valence-electron chi connectivity index (χ2n) is 5.62. The summed E-state index contributed by atoms with van der Waals surface area (Å²) in [5.41, 5.74) is 0.669. The number of benzene rings is 1. The Hall–Kier alpha value is -1.23. The van der Waals surface area contributed by atoms with Crippen molar-refractivity contribution in [3.05, 3.63) is 28.2 Å². The molecule has 1 aromatic rings. The van der Waals surface area contributed by atoms with Crippen LogP contribution in [0.2, 0.25) is 0 Å². The van der Waals surface area contributed by atoms with E-state index in [2.05, 4.69) is 15.9 Å². The fourth-order valence-electron chi connectivity index (χ4n) is 1.59. The van der Waals surface area contributed by atoms with E-state index in [0.717, 1.165) is 22.2 Å². The van der Waals surface area contributed by atoms with Gasteiger partial charge >= 0.3 is 6.09 Å². The Labute approximate surface area is 129 Å². The van der Waals surface area contributed by atoms with E-state index in [-0.39, 0.29) is 6.09 Å². The zero-order chi connectivity index (χ0) is 15.3. The van der Waals surface area contributed by atoms with Gasteiger partial charge in [0.2, 0.25) is 0 Å².